The van der Waals surface area contributed by atoms with E-state index in [9.17, 15) is 28.8 Å². The molecule has 0 saturated heterocycles. The van der Waals surface area contributed by atoms with Crippen molar-refractivity contribution in [2.24, 2.45) is 0 Å². The second-order valence-corrected chi connectivity index (χ2v) is 14.7. The molecule has 0 saturated carbocycles. The number of rotatable bonds is 42. The Morgan fingerprint density at radius 1 is 0.527 bits per heavy atom. The monoisotopic (exact) mass is 804 g/mol. The summed E-state index contributed by atoms with van der Waals surface area (Å²) in [7, 11) is 1.76. The zero-order chi connectivity index (χ0) is 40.6. The van der Waals surface area contributed by atoms with Gasteiger partial charge in [-0.2, -0.15) is 11.8 Å². The third-order valence-electron chi connectivity index (χ3n) is 8.48. The molecule has 0 radical (unpaired) electrons. The van der Waals surface area contributed by atoms with Crippen LogP contribution < -0.4 is 21.3 Å². The van der Waals surface area contributed by atoms with Crippen LogP contribution in [-0.4, -0.2) is 137 Å². The van der Waals surface area contributed by atoms with Crippen LogP contribution in [0.25, 0.3) is 0 Å². The summed E-state index contributed by atoms with van der Waals surface area (Å²) in [6, 6.07) is -0.146. The SMILES string of the molecule is CNC(CCCCNC(=O)COCC(=O)CCCCOCCOCCOCCCCC(=O)CCCNC(=O)CCCCCCCSCCNC(=O)O)C(C)=O. The molecule has 0 bridgehead atoms. The number of carbonyl (C=O) groups is 6. The first-order valence-electron chi connectivity index (χ1n) is 20.3. The first kappa shape index (κ1) is 52.4. The minimum atomic E-state index is -0.981. The lowest BCUT2D eigenvalue weighted by atomic mass is 10.1. The Morgan fingerprint density at radius 2 is 1.09 bits per heavy atom. The van der Waals surface area contributed by atoms with Crippen LogP contribution in [0.4, 0.5) is 4.79 Å². The Bertz CT molecular complexity index is 1020. The zero-order valence-electron chi connectivity index (χ0n) is 33.7. The van der Waals surface area contributed by atoms with E-state index in [0.29, 0.717) is 97.8 Å². The van der Waals surface area contributed by atoms with Crippen LogP contribution in [0, 0.1) is 0 Å². The lowest BCUT2D eigenvalue weighted by Gasteiger charge is -2.12. The van der Waals surface area contributed by atoms with Gasteiger partial charge in [0.2, 0.25) is 11.8 Å². The molecule has 0 aromatic rings. The van der Waals surface area contributed by atoms with Gasteiger partial charge in [-0.25, -0.2) is 4.79 Å². The second kappa shape index (κ2) is 39.6. The summed E-state index contributed by atoms with van der Waals surface area (Å²) < 4.78 is 21.8. The second-order valence-electron chi connectivity index (χ2n) is 13.4. The maximum absolute atomic E-state index is 12.1. The van der Waals surface area contributed by atoms with E-state index in [1.165, 1.54) is 0 Å². The number of ketones is 3. The molecule has 0 aromatic carbocycles. The fraction of sp³-hybridized carbons (Fsp3) is 0.846. The Morgan fingerprint density at radius 3 is 1.75 bits per heavy atom. The Hall–Kier alpha value is -2.63. The minimum absolute atomic E-state index is 0.0437. The number of carboxylic acid groups (broad SMARTS) is 1. The highest BCUT2D eigenvalue weighted by atomic mass is 32.2. The number of nitrogens with one attached hydrogen (secondary N) is 4. The van der Waals surface area contributed by atoms with Crippen LogP contribution in [0.15, 0.2) is 0 Å². The first-order valence-corrected chi connectivity index (χ1v) is 21.4. The molecule has 0 aliphatic carbocycles. The van der Waals surface area contributed by atoms with Crippen LogP contribution in [-0.2, 0) is 42.9 Å². The molecule has 15 nitrogen and oxygen atoms in total. The van der Waals surface area contributed by atoms with Gasteiger partial charge < -0.3 is 45.3 Å². The maximum Gasteiger partial charge on any atom is 0.404 e. The number of hydrogen-bond donors (Lipinski definition) is 5. The van der Waals surface area contributed by atoms with Crippen molar-refractivity contribution in [3.8, 4) is 0 Å². The van der Waals surface area contributed by atoms with Crippen LogP contribution in [0.1, 0.15) is 116 Å². The number of thioether (sulfide) groups is 1. The molecule has 0 rings (SSSR count). The van der Waals surface area contributed by atoms with E-state index >= 15 is 0 Å². The smallest absolute Gasteiger partial charge is 0.404 e. The Kier molecular flexibility index (Phi) is 37.7. The molecule has 16 heteroatoms. The van der Waals surface area contributed by atoms with Crippen molar-refractivity contribution in [3.05, 3.63) is 0 Å². The van der Waals surface area contributed by atoms with Gasteiger partial charge in [0.1, 0.15) is 24.8 Å². The average molecular weight is 805 g/mol. The normalized spacial score (nSPS) is 11.6. The summed E-state index contributed by atoms with van der Waals surface area (Å²) in [4.78, 5) is 69.7. The predicted molar refractivity (Wildman–Crippen MR) is 215 cm³/mol. The summed E-state index contributed by atoms with van der Waals surface area (Å²) in [6.07, 6.45) is 12.1. The molecule has 0 aliphatic rings. The number of hydrogen-bond acceptors (Lipinski definition) is 12. The highest BCUT2D eigenvalue weighted by molar-refractivity contribution is 7.99. The van der Waals surface area contributed by atoms with Gasteiger partial charge >= 0.3 is 6.09 Å². The quantitative estimate of drug-likeness (QED) is 0.0549. The largest absolute Gasteiger partial charge is 0.465 e. The summed E-state index contributed by atoms with van der Waals surface area (Å²) >= 11 is 1.75. The van der Waals surface area contributed by atoms with E-state index in [-0.39, 0.29) is 48.4 Å². The van der Waals surface area contributed by atoms with Gasteiger partial charge in [0, 0.05) is 64.3 Å². The minimum Gasteiger partial charge on any atom is -0.465 e. The molecule has 0 spiro atoms. The standard InChI is InChI=1S/C39H72N4O11S/c1-33(44)36(40-2)18-7-10-20-42-38(48)32-54-31-35(46)16-9-12-24-52-26-28-53-27-25-51-23-11-8-15-34(45)17-14-21-41-37(47)19-6-4-3-5-13-29-55-30-22-43-39(49)50/h36,40,43H,3-32H2,1-2H3,(H,41,47)(H,42,48)(H,49,50). The van der Waals surface area contributed by atoms with Crippen molar-refractivity contribution in [2.45, 2.75) is 122 Å². The fourth-order valence-corrected chi connectivity index (χ4v) is 6.17. The summed E-state index contributed by atoms with van der Waals surface area (Å²) in [6.45, 7) is 5.82. The van der Waals surface area contributed by atoms with Gasteiger partial charge in [0.05, 0.1) is 32.5 Å². The van der Waals surface area contributed by atoms with Crippen molar-refractivity contribution in [3.63, 3.8) is 0 Å². The molecular formula is C39H72N4O11S. The third-order valence-corrected chi connectivity index (χ3v) is 9.55. The molecule has 1 atom stereocenters. The molecule has 0 heterocycles. The van der Waals surface area contributed by atoms with E-state index in [0.717, 1.165) is 82.1 Å². The summed E-state index contributed by atoms with van der Waals surface area (Å²) in [5, 5.41) is 19.5. The molecule has 3 amide bonds. The molecule has 1 unspecified atom stereocenters. The number of unbranched alkanes of at least 4 members (excludes halogenated alkanes) is 7. The van der Waals surface area contributed by atoms with Crippen LogP contribution >= 0.6 is 11.8 Å². The highest BCUT2D eigenvalue weighted by Gasteiger charge is 2.11. The number of carbonyl (C=O) groups excluding carboxylic acids is 5. The van der Waals surface area contributed by atoms with Gasteiger partial charge in [-0.3, -0.25) is 24.0 Å². The van der Waals surface area contributed by atoms with Crippen molar-refractivity contribution >= 4 is 47.0 Å². The van der Waals surface area contributed by atoms with Crippen molar-refractivity contribution in [1.82, 2.24) is 21.3 Å². The van der Waals surface area contributed by atoms with Crippen molar-refractivity contribution in [2.75, 3.05) is 91.0 Å². The van der Waals surface area contributed by atoms with Gasteiger partial charge in [-0.15, -0.1) is 0 Å². The van der Waals surface area contributed by atoms with Gasteiger partial charge in [-0.05, 0) is 83.9 Å². The lowest BCUT2D eigenvalue weighted by Crippen LogP contribution is -2.33. The maximum atomic E-state index is 12.1. The van der Waals surface area contributed by atoms with Gasteiger partial charge in [0.15, 0.2) is 5.78 Å². The molecule has 0 aliphatic heterocycles. The van der Waals surface area contributed by atoms with E-state index in [1.807, 2.05) is 0 Å². The average Bonchev–Trinajstić information content (AvgIpc) is 3.15. The molecule has 0 aromatic heterocycles. The fourth-order valence-electron chi connectivity index (χ4n) is 5.31. The topological polar surface area (TPSA) is 208 Å². The molecular weight excluding hydrogens is 733 g/mol. The van der Waals surface area contributed by atoms with E-state index in [2.05, 4.69) is 21.3 Å². The number of amides is 3. The van der Waals surface area contributed by atoms with E-state index < -0.39 is 6.09 Å². The Balaban J connectivity index is 3.39. The molecule has 320 valence electrons. The van der Waals surface area contributed by atoms with Crippen molar-refractivity contribution in [1.29, 1.82) is 0 Å². The first-order chi connectivity index (χ1) is 26.6. The predicted octanol–water partition coefficient (Wildman–Crippen LogP) is 4.23. The van der Waals surface area contributed by atoms with Crippen molar-refractivity contribution < 1.29 is 52.8 Å². The Labute approximate surface area is 333 Å². The number of Topliss-reactive ketones (excluding diaryl/α,β-unsaturated/α-hetero) is 3. The summed E-state index contributed by atoms with van der Waals surface area (Å²) in [5.41, 5.74) is 0. The lowest BCUT2D eigenvalue weighted by molar-refractivity contribution is -0.130. The van der Waals surface area contributed by atoms with Gasteiger partial charge in [0.25, 0.3) is 0 Å². The van der Waals surface area contributed by atoms with Gasteiger partial charge in [-0.1, -0.05) is 19.3 Å². The number of ether oxygens (including phenoxy) is 4. The van der Waals surface area contributed by atoms with E-state index in [4.69, 9.17) is 24.1 Å². The zero-order valence-corrected chi connectivity index (χ0v) is 34.5. The molecule has 0 fully saturated rings. The highest BCUT2D eigenvalue weighted by Crippen LogP contribution is 2.10. The summed E-state index contributed by atoms with van der Waals surface area (Å²) in [5.74, 6) is 1.87. The molecule has 55 heavy (non-hydrogen) atoms. The van der Waals surface area contributed by atoms with E-state index in [1.54, 1.807) is 25.7 Å². The molecule has 5 N–H and O–H groups in total. The van der Waals surface area contributed by atoms with Crippen LogP contribution in [0.2, 0.25) is 0 Å². The van der Waals surface area contributed by atoms with Crippen LogP contribution in [0.3, 0.4) is 0 Å². The number of likely N-dealkylation sites (N-methyl/N-ethyl adjacent to an activating group) is 1. The van der Waals surface area contributed by atoms with Crippen LogP contribution in [0.5, 0.6) is 0 Å². The third kappa shape index (κ3) is 39.4.